The number of benzene rings is 1. The van der Waals surface area contributed by atoms with Crippen molar-refractivity contribution < 1.29 is 22.7 Å². The first-order valence-corrected chi connectivity index (χ1v) is 11.0. The van der Waals surface area contributed by atoms with Crippen LogP contribution in [0.5, 0.6) is 5.75 Å². The van der Waals surface area contributed by atoms with E-state index in [4.69, 9.17) is 0 Å². The molecule has 1 aromatic heterocycles. The third kappa shape index (κ3) is 5.32. The molecular weight excluding hydrogens is 421 g/mol. The number of alkyl halides is 3. The first-order chi connectivity index (χ1) is 15.2. The number of piperidine rings is 1. The van der Waals surface area contributed by atoms with Crippen LogP contribution in [0.4, 0.5) is 13.2 Å². The lowest BCUT2D eigenvalue weighted by Gasteiger charge is -2.39. The lowest BCUT2D eigenvalue weighted by Crippen LogP contribution is -2.51. The molecule has 0 unspecified atom stereocenters. The molecule has 4 rings (SSSR count). The molecule has 0 aliphatic carbocycles. The molecule has 0 saturated carbocycles. The van der Waals surface area contributed by atoms with Crippen LogP contribution in [-0.2, 0) is 4.79 Å². The van der Waals surface area contributed by atoms with Crippen LogP contribution < -0.4 is 4.74 Å². The third-order valence-electron chi connectivity index (χ3n) is 6.40. The normalized spacial score (nSPS) is 23.5. The molecule has 0 spiro atoms. The fraction of sp³-hybridized carbons (Fsp3) is 0.565. The summed E-state index contributed by atoms with van der Waals surface area (Å²) in [7, 11) is 2.08. The van der Waals surface area contributed by atoms with Crippen molar-refractivity contribution in [3.63, 3.8) is 0 Å². The van der Waals surface area contributed by atoms with Gasteiger partial charge in [0, 0.05) is 56.8 Å². The maximum Gasteiger partial charge on any atom is 0.573 e. The molecule has 2 atom stereocenters. The van der Waals surface area contributed by atoms with Crippen LogP contribution in [0.15, 0.2) is 30.5 Å². The van der Waals surface area contributed by atoms with E-state index in [-0.39, 0.29) is 23.1 Å². The minimum absolute atomic E-state index is 0.0295. The van der Waals surface area contributed by atoms with Crippen molar-refractivity contribution in [3.05, 3.63) is 36.0 Å². The Labute approximate surface area is 185 Å². The topological polar surface area (TPSA) is 48.9 Å². The molecule has 2 saturated heterocycles. The lowest BCUT2D eigenvalue weighted by atomic mass is 9.83. The minimum Gasteiger partial charge on any atom is -0.403 e. The van der Waals surface area contributed by atoms with Gasteiger partial charge < -0.3 is 14.5 Å². The molecule has 6 nitrogen and oxygen atoms in total. The number of ether oxygens (including phenoxy) is 1. The molecule has 9 heteroatoms. The Morgan fingerprint density at radius 1 is 1.16 bits per heavy atom. The number of likely N-dealkylation sites (tertiary alicyclic amines) is 1. The lowest BCUT2D eigenvalue weighted by molar-refractivity contribution is -0.274. The zero-order chi connectivity index (χ0) is 22.9. The van der Waals surface area contributed by atoms with Crippen molar-refractivity contribution in [2.24, 2.45) is 5.92 Å². The number of carbonyl (C=O) groups is 1. The Hall–Kier alpha value is -2.39. The summed E-state index contributed by atoms with van der Waals surface area (Å²) in [6, 6.07) is 6.52. The largest absolute Gasteiger partial charge is 0.573 e. The zero-order valence-corrected chi connectivity index (χ0v) is 18.4. The van der Waals surface area contributed by atoms with Gasteiger partial charge in [-0.1, -0.05) is 19.1 Å². The standard InChI is InChI=1S/C23H29F3N4O2/c1-16-12-17(14-30(13-16)21(31)15-29-10-8-28(2)9-11-29)18-5-6-20(32-23(24,25)26)22-19(18)4-3-7-27-22/h3-7,16-17H,8-15H2,1-2H3/t16-,17+/m1/s1. The number of piperazine rings is 1. The first-order valence-electron chi connectivity index (χ1n) is 11.0. The van der Waals surface area contributed by atoms with E-state index in [1.165, 1.54) is 12.3 Å². The van der Waals surface area contributed by atoms with Crippen LogP contribution in [0.3, 0.4) is 0 Å². The van der Waals surface area contributed by atoms with Gasteiger partial charge in [-0.3, -0.25) is 14.7 Å². The quantitative estimate of drug-likeness (QED) is 0.715. The van der Waals surface area contributed by atoms with E-state index >= 15 is 0 Å². The molecule has 2 aromatic rings. The van der Waals surface area contributed by atoms with Gasteiger partial charge in [0.25, 0.3) is 0 Å². The molecule has 3 heterocycles. The summed E-state index contributed by atoms with van der Waals surface area (Å²) in [5.74, 6) is 0.138. The molecule has 0 bridgehead atoms. The van der Waals surface area contributed by atoms with Crippen molar-refractivity contribution in [3.8, 4) is 5.75 Å². The van der Waals surface area contributed by atoms with E-state index in [9.17, 15) is 18.0 Å². The van der Waals surface area contributed by atoms with Crippen molar-refractivity contribution in [2.45, 2.75) is 25.6 Å². The van der Waals surface area contributed by atoms with Gasteiger partial charge in [-0.25, -0.2) is 0 Å². The second-order valence-corrected chi connectivity index (χ2v) is 9.02. The maximum atomic E-state index is 13.1. The van der Waals surface area contributed by atoms with Crippen molar-refractivity contribution >= 4 is 16.8 Å². The highest BCUT2D eigenvalue weighted by atomic mass is 19.4. The van der Waals surface area contributed by atoms with Crippen LogP contribution in [0, 0.1) is 5.92 Å². The number of pyridine rings is 1. The van der Waals surface area contributed by atoms with E-state index < -0.39 is 6.36 Å². The van der Waals surface area contributed by atoms with Gasteiger partial charge in [-0.2, -0.15) is 0 Å². The highest BCUT2D eigenvalue weighted by molar-refractivity contribution is 5.88. The fourth-order valence-corrected chi connectivity index (χ4v) is 4.81. The molecule has 174 valence electrons. The number of amides is 1. The Morgan fingerprint density at radius 3 is 2.62 bits per heavy atom. The Kier molecular flexibility index (Phi) is 6.57. The van der Waals surface area contributed by atoms with Crippen LogP contribution in [-0.4, -0.2) is 84.8 Å². The van der Waals surface area contributed by atoms with E-state index in [1.54, 1.807) is 18.2 Å². The number of fused-ring (bicyclic) bond motifs is 1. The summed E-state index contributed by atoms with van der Waals surface area (Å²) < 4.78 is 42.7. The van der Waals surface area contributed by atoms with Crippen LogP contribution in [0.1, 0.15) is 24.8 Å². The van der Waals surface area contributed by atoms with Crippen molar-refractivity contribution in [1.29, 1.82) is 0 Å². The molecule has 0 radical (unpaired) electrons. The summed E-state index contributed by atoms with van der Waals surface area (Å²) in [5, 5.41) is 0.639. The average molecular weight is 451 g/mol. The maximum absolute atomic E-state index is 13.1. The molecule has 2 aliphatic heterocycles. The monoisotopic (exact) mass is 450 g/mol. The highest BCUT2D eigenvalue weighted by Gasteiger charge is 2.34. The highest BCUT2D eigenvalue weighted by Crippen LogP contribution is 2.38. The number of halogens is 3. The molecule has 1 amide bonds. The molecule has 1 aromatic carbocycles. The third-order valence-corrected chi connectivity index (χ3v) is 6.40. The molecule has 0 N–H and O–H groups in total. The molecule has 2 fully saturated rings. The average Bonchev–Trinajstić information content (AvgIpc) is 2.74. The van der Waals surface area contributed by atoms with Gasteiger partial charge in [-0.05, 0) is 37.1 Å². The van der Waals surface area contributed by atoms with Gasteiger partial charge >= 0.3 is 6.36 Å². The number of rotatable bonds is 4. The summed E-state index contributed by atoms with van der Waals surface area (Å²) in [4.78, 5) is 23.6. The number of likely N-dealkylation sites (N-methyl/N-ethyl adjacent to an activating group) is 1. The first kappa shape index (κ1) is 22.8. The number of hydrogen-bond acceptors (Lipinski definition) is 5. The Bertz CT molecular complexity index is 960. The van der Waals surface area contributed by atoms with Crippen molar-refractivity contribution in [1.82, 2.24) is 19.7 Å². The Morgan fingerprint density at radius 2 is 1.91 bits per heavy atom. The van der Waals surface area contributed by atoms with Gasteiger partial charge in [0.05, 0.1) is 6.54 Å². The smallest absolute Gasteiger partial charge is 0.403 e. The second-order valence-electron chi connectivity index (χ2n) is 9.02. The van der Waals surface area contributed by atoms with Crippen LogP contribution in [0.2, 0.25) is 0 Å². The van der Waals surface area contributed by atoms with Gasteiger partial charge in [0.15, 0.2) is 5.75 Å². The van der Waals surface area contributed by atoms with Gasteiger partial charge in [0.2, 0.25) is 5.91 Å². The molecular formula is C23H29F3N4O2. The minimum atomic E-state index is -4.78. The SMILES string of the molecule is C[C@@H]1C[C@H](c2ccc(OC(F)(F)F)c3ncccc23)CN(C(=O)CN2CCN(C)CC2)C1. The number of nitrogens with zero attached hydrogens (tertiary/aromatic N) is 4. The second kappa shape index (κ2) is 9.23. The molecule has 2 aliphatic rings. The van der Waals surface area contributed by atoms with Crippen molar-refractivity contribution in [2.75, 3.05) is 52.9 Å². The number of hydrogen-bond donors (Lipinski definition) is 0. The summed E-state index contributed by atoms with van der Waals surface area (Å²) in [5.41, 5.74) is 1.10. The summed E-state index contributed by atoms with van der Waals surface area (Å²) >= 11 is 0. The predicted octanol–water partition coefficient (Wildman–Crippen LogP) is 3.33. The zero-order valence-electron chi connectivity index (χ0n) is 18.4. The van der Waals surface area contributed by atoms with Gasteiger partial charge in [0.1, 0.15) is 5.52 Å². The van der Waals surface area contributed by atoms with E-state index in [0.717, 1.165) is 38.2 Å². The number of aromatic nitrogens is 1. The van der Waals surface area contributed by atoms with Crippen LogP contribution >= 0.6 is 0 Å². The van der Waals surface area contributed by atoms with E-state index in [1.807, 2.05) is 4.90 Å². The van der Waals surface area contributed by atoms with E-state index in [0.29, 0.717) is 30.9 Å². The predicted molar refractivity (Wildman–Crippen MR) is 115 cm³/mol. The van der Waals surface area contributed by atoms with Crippen LogP contribution in [0.25, 0.3) is 10.9 Å². The fourth-order valence-electron chi connectivity index (χ4n) is 4.81. The number of carbonyl (C=O) groups excluding carboxylic acids is 1. The molecule has 32 heavy (non-hydrogen) atoms. The Balaban J connectivity index is 1.54. The summed E-state index contributed by atoms with van der Waals surface area (Å²) in [6.45, 7) is 7.46. The van der Waals surface area contributed by atoms with E-state index in [2.05, 4.69) is 33.5 Å². The van der Waals surface area contributed by atoms with Gasteiger partial charge in [-0.15, -0.1) is 13.2 Å². The summed E-state index contributed by atoms with van der Waals surface area (Å²) in [6.07, 6.45) is -2.45.